The molecule has 0 bridgehead atoms. The van der Waals surface area contributed by atoms with Gasteiger partial charge in [-0.15, -0.1) is 11.3 Å². The van der Waals surface area contributed by atoms with Gasteiger partial charge in [0.1, 0.15) is 10.9 Å². The van der Waals surface area contributed by atoms with Gasteiger partial charge in [-0.3, -0.25) is 4.79 Å². The van der Waals surface area contributed by atoms with E-state index in [1.165, 1.54) is 11.3 Å². The van der Waals surface area contributed by atoms with E-state index in [1.807, 2.05) is 13.8 Å². The number of halogens is 1. The summed E-state index contributed by atoms with van der Waals surface area (Å²) in [4.78, 5) is 21.4. The standard InChI is InChI=1S/C20H16ClN3O3S/c1-10-11(2)28-20-16(10)19(25)23-18(24-20)13(9-22)6-12-7-14(21)17-15(8-12)26-4-3-5-27-17/h6-8H,3-5H2,1-2H3,(H,23,24,25)/b13-6-. The molecule has 3 heterocycles. The summed E-state index contributed by atoms with van der Waals surface area (Å²) in [5, 5.41) is 10.6. The zero-order valence-corrected chi connectivity index (χ0v) is 16.8. The van der Waals surface area contributed by atoms with Crippen molar-refractivity contribution in [3.63, 3.8) is 0 Å². The van der Waals surface area contributed by atoms with Crippen LogP contribution in [0.25, 0.3) is 21.9 Å². The van der Waals surface area contributed by atoms with Crippen LogP contribution >= 0.6 is 22.9 Å². The third kappa shape index (κ3) is 3.26. The van der Waals surface area contributed by atoms with Crippen molar-refractivity contribution in [3.8, 4) is 17.6 Å². The van der Waals surface area contributed by atoms with Gasteiger partial charge in [0, 0.05) is 11.3 Å². The second kappa shape index (κ2) is 7.30. The highest BCUT2D eigenvalue weighted by atomic mass is 35.5. The van der Waals surface area contributed by atoms with Crippen molar-refractivity contribution >= 4 is 44.8 Å². The number of hydrogen-bond acceptors (Lipinski definition) is 6. The van der Waals surface area contributed by atoms with Gasteiger partial charge in [0.15, 0.2) is 17.3 Å². The molecule has 28 heavy (non-hydrogen) atoms. The fraction of sp³-hybridized carbons (Fsp3) is 0.250. The maximum atomic E-state index is 12.5. The van der Waals surface area contributed by atoms with Crippen molar-refractivity contribution in [1.82, 2.24) is 9.97 Å². The average Bonchev–Trinajstić information content (AvgIpc) is 2.83. The van der Waals surface area contributed by atoms with Crippen LogP contribution in [0.4, 0.5) is 0 Å². The molecule has 1 aliphatic heterocycles. The first-order valence-corrected chi connectivity index (χ1v) is 9.88. The van der Waals surface area contributed by atoms with Crippen molar-refractivity contribution < 1.29 is 9.47 Å². The highest BCUT2D eigenvalue weighted by Crippen LogP contribution is 2.38. The lowest BCUT2D eigenvalue weighted by molar-refractivity contribution is 0.297. The second-order valence-electron chi connectivity index (χ2n) is 6.43. The summed E-state index contributed by atoms with van der Waals surface area (Å²) in [7, 11) is 0. The van der Waals surface area contributed by atoms with Gasteiger partial charge in [-0.05, 0) is 43.2 Å². The molecule has 0 fully saturated rings. The number of nitrogens with one attached hydrogen (secondary N) is 1. The molecule has 4 rings (SSSR count). The average molecular weight is 414 g/mol. The molecule has 142 valence electrons. The van der Waals surface area contributed by atoms with Gasteiger partial charge >= 0.3 is 0 Å². The van der Waals surface area contributed by atoms with Gasteiger partial charge < -0.3 is 14.5 Å². The van der Waals surface area contributed by atoms with E-state index in [2.05, 4.69) is 16.0 Å². The Bertz CT molecular complexity index is 1220. The molecule has 1 N–H and O–H groups in total. The Morgan fingerprint density at radius 2 is 2.14 bits per heavy atom. The van der Waals surface area contributed by atoms with Crippen LogP contribution in [0.1, 0.15) is 28.2 Å². The minimum Gasteiger partial charge on any atom is -0.489 e. The Morgan fingerprint density at radius 1 is 1.36 bits per heavy atom. The highest BCUT2D eigenvalue weighted by molar-refractivity contribution is 7.18. The molecule has 0 spiro atoms. The van der Waals surface area contributed by atoms with E-state index in [9.17, 15) is 10.1 Å². The lowest BCUT2D eigenvalue weighted by Gasteiger charge is -2.10. The topological polar surface area (TPSA) is 88.0 Å². The number of benzene rings is 1. The van der Waals surface area contributed by atoms with Gasteiger partial charge in [0.25, 0.3) is 5.56 Å². The number of ether oxygens (including phenoxy) is 2. The normalized spacial score (nSPS) is 14.0. The Hall–Kier alpha value is -2.82. The molecule has 1 aliphatic rings. The van der Waals surface area contributed by atoms with E-state index in [0.29, 0.717) is 45.5 Å². The smallest absolute Gasteiger partial charge is 0.260 e. The van der Waals surface area contributed by atoms with E-state index in [-0.39, 0.29) is 17.0 Å². The summed E-state index contributed by atoms with van der Waals surface area (Å²) < 4.78 is 11.3. The molecule has 0 radical (unpaired) electrons. The SMILES string of the molecule is Cc1sc2nc(/C(C#N)=C\c3cc(Cl)c4c(c3)OCCCO4)[nH]c(=O)c2c1C. The van der Waals surface area contributed by atoms with Crippen LogP contribution in [-0.2, 0) is 0 Å². The quantitative estimate of drug-likeness (QED) is 0.626. The molecule has 8 heteroatoms. The van der Waals surface area contributed by atoms with Gasteiger partial charge in [0.2, 0.25) is 0 Å². The van der Waals surface area contributed by atoms with Gasteiger partial charge in [-0.1, -0.05) is 11.6 Å². The lowest BCUT2D eigenvalue weighted by Crippen LogP contribution is -2.10. The van der Waals surface area contributed by atoms with E-state index in [1.54, 1.807) is 18.2 Å². The number of aromatic nitrogens is 2. The number of thiophene rings is 1. The van der Waals surface area contributed by atoms with Crippen molar-refractivity contribution in [1.29, 1.82) is 5.26 Å². The van der Waals surface area contributed by atoms with Crippen LogP contribution in [0, 0.1) is 25.2 Å². The van der Waals surface area contributed by atoms with Crippen LogP contribution in [0.5, 0.6) is 11.5 Å². The first kappa shape index (κ1) is 18.5. The van der Waals surface area contributed by atoms with Crippen LogP contribution in [0.3, 0.4) is 0 Å². The zero-order chi connectivity index (χ0) is 19.8. The summed E-state index contributed by atoms with van der Waals surface area (Å²) in [5.74, 6) is 1.27. The maximum absolute atomic E-state index is 12.5. The molecule has 3 aromatic rings. The van der Waals surface area contributed by atoms with Gasteiger partial charge in [0.05, 0.1) is 29.2 Å². The predicted molar refractivity (Wildman–Crippen MR) is 110 cm³/mol. The fourth-order valence-electron chi connectivity index (χ4n) is 3.04. The molecular formula is C20H16ClN3O3S. The number of H-pyrrole nitrogens is 1. The summed E-state index contributed by atoms with van der Waals surface area (Å²) in [5.41, 5.74) is 1.55. The van der Waals surface area contributed by atoms with Crippen LogP contribution in [0.15, 0.2) is 16.9 Å². The lowest BCUT2D eigenvalue weighted by atomic mass is 10.1. The minimum atomic E-state index is -0.250. The second-order valence-corrected chi connectivity index (χ2v) is 8.04. The monoisotopic (exact) mass is 413 g/mol. The Labute approximate surface area is 170 Å². The van der Waals surface area contributed by atoms with Crippen LogP contribution < -0.4 is 15.0 Å². The molecule has 0 unspecified atom stereocenters. The first-order chi connectivity index (χ1) is 13.5. The number of aryl methyl sites for hydroxylation is 2. The van der Waals surface area contributed by atoms with Crippen molar-refractivity contribution in [2.24, 2.45) is 0 Å². The summed E-state index contributed by atoms with van der Waals surface area (Å²) in [6, 6.07) is 5.57. The Morgan fingerprint density at radius 3 is 2.93 bits per heavy atom. The number of nitrogens with zero attached hydrogens (tertiary/aromatic N) is 2. The highest BCUT2D eigenvalue weighted by Gasteiger charge is 2.17. The zero-order valence-electron chi connectivity index (χ0n) is 15.3. The van der Waals surface area contributed by atoms with Crippen LogP contribution in [-0.4, -0.2) is 23.2 Å². The number of rotatable bonds is 2. The first-order valence-electron chi connectivity index (χ1n) is 8.69. The van der Waals surface area contributed by atoms with E-state index in [0.717, 1.165) is 16.9 Å². The van der Waals surface area contributed by atoms with E-state index in [4.69, 9.17) is 21.1 Å². The maximum Gasteiger partial charge on any atom is 0.260 e. The Kier molecular flexibility index (Phi) is 4.84. The van der Waals surface area contributed by atoms with Crippen molar-refractivity contribution in [2.45, 2.75) is 20.3 Å². The third-order valence-corrected chi connectivity index (χ3v) is 5.93. The molecule has 0 aliphatic carbocycles. The van der Waals surface area contributed by atoms with E-state index >= 15 is 0 Å². The summed E-state index contributed by atoms with van der Waals surface area (Å²) >= 11 is 7.77. The minimum absolute atomic E-state index is 0.226. The Balaban J connectivity index is 1.82. The number of hydrogen-bond donors (Lipinski definition) is 1. The number of nitriles is 1. The number of allylic oxidation sites excluding steroid dienone is 1. The fourth-order valence-corrected chi connectivity index (χ4v) is 4.34. The van der Waals surface area contributed by atoms with Crippen LogP contribution in [0.2, 0.25) is 5.02 Å². The predicted octanol–water partition coefficient (Wildman–Crippen LogP) is 4.48. The van der Waals surface area contributed by atoms with E-state index < -0.39 is 0 Å². The summed E-state index contributed by atoms with van der Waals surface area (Å²) in [6.45, 7) is 4.91. The van der Waals surface area contributed by atoms with Crippen molar-refractivity contribution in [2.75, 3.05) is 13.2 Å². The van der Waals surface area contributed by atoms with Crippen molar-refractivity contribution in [3.05, 3.63) is 49.3 Å². The van der Waals surface area contributed by atoms with Gasteiger partial charge in [-0.2, -0.15) is 5.26 Å². The molecule has 1 aromatic carbocycles. The number of aromatic amines is 1. The molecule has 6 nitrogen and oxygen atoms in total. The van der Waals surface area contributed by atoms with Gasteiger partial charge in [-0.25, -0.2) is 4.98 Å². The molecule has 0 saturated carbocycles. The largest absolute Gasteiger partial charge is 0.489 e. The summed E-state index contributed by atoms with van der Waals surface area (Å²) in [6.07, 6.45) is 2.39. The molecular weight excluding hydrogens is 398 g/mol. The molecule has 0 saturated heterocycles. The molecule has 2 aromatic heterocycles. The molecule has 0 atom stereocenters. The third-order valence-electron chi connectivity index (χ3n) is 4.55. The molecule has 0 amide bonds. The number of fused-ring (bicyclic) bond motifs is 2.